The van der Waals surface area contributed by atoms with Crippen LogP contribution < -0.4 is 0 Å². The van der Waals surface area contributed by atoms with E-state index >= 15 is 0 Å². The normalized spacial score (nSPS) is 28.5. The molecule has 2 unspecified atom stereocenters. The van der Waals surface area contributed by atoms with Gasteiger partial charge in [0.25, 0.3) is 0 Å². The molecule has 1 N–H and O–H groups in total. The number of hydrogen-bond donors (Lipinski definition) is 1. The fourth-order valence-electron chi connectivity index (χ4n) is 1.21. The first kappa shape index (κ1) is 10.6. The summed E-state index contributed by atoms with van der Waals surface area (Å²) in [5.41, 5.74) is 0. The van der Waals surface area contributed by atoms with Crippen LogP contribution in [-0.2, 0) is 25.4 Å². The zero-order valence-electron chi connectivity index (χ0n) is 6.80. The number of rotatable bonds is 3. The predicted octanol–water partition coefficient (Wildman–Crippen LogP) is -0.993. The second kappa shape index (κ2) is 3.75. The molecular weight excluding hydrogens is 216 g/mol. The van der Waals surface area contributed by atoms with E-state index < -0.39 is 37.6 Å². The lowest BCUT2D eigenvalue weighted by Gasteiger charge is -2.03. The summed E-state index contributed by atoms with van der Waals surface area (Å²) in [5.74, 6) is -1.71. The Balaban J connectivity index is 2.57. The molecule has 0 bridgehead atoms. The number of carboxylic acid groups (broad SMARTS) is 1. The molecule has 1 saturated heterocycles. The summed E-state index contributed by atoms with van der Waals surface area (Å²) in [5, 5.41) is 7.85. The van der Waals surface area contributed by atoms with Crippen molar-refractivity contribution >= 4 is 26.6 Å². The zero-order valence-corrected chi connectivity index (χ0v) is 8.44. The van der Waals surface area contributed by atoms with E-state index in [1.54, 1.807) is 0 Å². The Morgan fingerprint density at radius 2 is 2.15 bits per heavy atom. The standard InChI is InChI=1S/C6H10O5S2/c7-6(8)3-12(9)5-1-2-13(10,11)4-5/h5H,1-4H2,(H,7,8). The van der Waals surface area contributed by atoms with Crippen LogP contribution in [0.15, 0.2) is 0 Å². The Kier molecular flexibility index (Phi) is 3.07. The van der Waals surface area contributed by atoms with Gasteiger partial charge in [-0.05, 0) is 6.42 Å². The van der Waals surface area contributed by atoms with Gasteiger partial charge >= 0.3 is 5.97 Å². The average molecular weight is 226 g/mol. The van der Waals surface area contributed by atoms with Gasteiger partial charge in [0.05, 0.1) is 16.8 Å². The van der Waals surface area contributed by atoms with Crippen LogP contribution >= 0.6 is 0 Å². The monoisotopic (exact) mass is 226 g/mol. The molecule has 0 spiro atoms. The van der Waals surface area contributed by atoms with Crippen LogP contribution in [0.4, 0.5) is 0 Å². The van der Waals surface area contributed by atoms with Gasteiger partial charge in [0, 0.05) is 10.8 Å². The fourth-order valence-corrected chi connectivity index (χ4v) is 4.99. The van der Waals surface area contributed by atoms with Crippen molar-refractivity contribution in [1.29, 1.82) is 0 Å². The van der Waals surface area contributed by atoms with Gasteiger partial charge in [-0.3, -0.25) is 9.00 Å². The number of aliphatic carboxylic acids is 1. The summed E-state index contributed by atoms with van der Waals surface area (Å²) in [6.45, 7) is 0. The van der Waals surface area contributed by atoms with Crippen LogP contribution in [0, 0.1) is 0 Å². The molecule has 0 aromatic carbocycles. The molecule has 13 heavy (non-hydrogen) atoms. The van der Waals surface area contributed by atoms with Crippen molar-refractivity contribution < 1.29 is 22.5 Å². The molecule has 0 saturated carbocycles. The smallest absolute Gasteiger partial charge is 0.316 e. The van der Waals surface area contributed by atoms with E-state index in [2.05, 4.69) is 0 Å². The maximum Gasteiger partial charge on any atom is 0.316 e. The van der Waals surface area contributed by atoms with Crippen molar-refractivity contribution in [1.82, 2.24) is 0 Å². The maximum absolute atomic E-state index is 11.2. The maximum atomic E-state index is 11.2. The van der Waals surface area contributed by atoms with Crippen molar-refractivity contribution in [3.63, 3.8) is 0 Å². The van der Waals surface area contributed by atoms with Crippen molar-refractivity contribution in [2.24, 2.45) is 0 Å². The van der Waals surface area contributed by atoms with Gasteiger partial charge in [-0.25, -0.2) is 8.42 Å². The van der Waals surface area contributed by atoms with Crippen molar-refractivity contribution in [3.05, 3.63) is 0 Å². The Labute approximate surface area is 78.5 Å². The lowest BCUT2D eigenvalue weighted by molar-refractivity contribution is -0.133. The highest BCUT2D eigenvalue weighted by Crippen LogP contribution is 2.16. The second-order valence-corrected chi connectivity index (χ2v) is 6.89. The van der Waals surface area contributed by atoms with Crippen molar-refractivity contribution in [3.8, 4) is 0 Å². The fraction of sp³-hybridized carbons (Fsp3) is 0.833. The minimum Gasteiger partial charge on any atom is -0.481 e. The van der Waals surface area contributed by atoms with Gasteiger partial charge in [-0.1, -0.05) is 0 Å². The summed E-state index contributed by atoms with van der Waals surface area (Å²) >= 11 is 0. The molecular formula is C6H10O5S2. The molecule has 1 heterocycles. The minimum absolute atomic E-state index is 0.0308. The van der Waals surface area contributed by atoms with Crippen LogP contribution in [0.2, 0.25) is 0 Å². The van der Waals surface area contributed by atoms with Crippen LogP contribution in [0.5, 0.6) is 0 Å². The zero-order chi connectivity index (χ0) is 10.1. The first-order valence-electron chi connectivity index (χ1n) is 3.70. The van der Waals surface area contributed by atoms with Crippen LogP contribution in [0.3, 0.4) is 0 Å². The third-order valence-electron chi connectivity index (χ3n) is 1.83. The molecule has 76 valence electrons. The lowest BCUT2D eigenvalue weighted by Crippen LogP contribution is -2.22. The number of hydrogen-bond acceptors (Lipinski definition) is 4. The third-order valence-corrected chi connectivity index (χ3v) is 5.48. The highest BCUT2D eigenvalue weighted by molar-refractivity contribution is 7.94. The van der Waals surface area contributed by atoms with Gasteiger partial charge < -0.3 is 5.11 Å². The molecule has 1 rings (SSSR count). The molecule has 0 aromatic rings. The average Bonchev–Trinajstić information content (AvgIpc) is 2.28. The van der Waals surface area contributed by atoms with E-state index in [0.717, 1.165) is 0 Å². The summed E-state index contributed by atoms with van der Waals surface area (Å²) in [4.78, 5) is 10.2. The number of carboxylic acids is 1. The Morgan fingerprint density at radius 1 is 1.54 bits per heavy atom. The quantitative estimate of drug-likeness (QED) is 0.667. The van der Waals surface area contributed by atoms with E-state index in [0.29, 0.717) is 6.42 Å². The first-order valence-corrected chi connectivity index (χ1v) is 6.90. The minimum atomic E-state index is -3.06. The van der Waals surface area contributed by atoms with Gasteiger partial charge in [0.2, 0.25) is 0 Å². The summed E-state index contributed by atoms with van der Waals surface area (Å²) < 4.78 is 33.1. The first-order chi connectivity index (χ1) is 5.91. The van der Waals surface area contributed by atoms with E-state index in [1.807, 2.05) is 0 Å². The molecule has 0 amide bonds. The van der Waals surface area contributed by atoms with Gasteiger partial charge in [-0.15, -0.1) is 0 Å². The highest BCUT2D eigenvalue weighted by atomic mass is 32.2. The van der Waals surface area contributed by atoms with Crippen molar-refractivity contribution in [2.75, 3.05) is 17.3 Å². The molecule has 2 atom stereocenters. The molecule has 0 radical (unpaired) electrons. The van der Waals surface area contributed by atoms with Gasteiger partial charge in [-0.2, -0.15) is 0 Å². The summed E-state index contributed by atoms with van der Waals surface area (Å²) in [6, 6.07) is 0. The van der Waals surface area contributed by atoms with Gasteiger partial charge in [0.1, 0.15) is 5.75 Å². The number of carbonyl (C=O) groups is 1. The molecule has 0 aliphatic carbocycles. The van der Waals surface area contributed by atoms with Crippen LogP contribution in [0.1, 0.15) is 6.42 Å². The number of sulfone groups is 1. The van der Waals surface area contributed by atoms with E-state index in [-0.39, 0.29) is 11.5 Å². The molecule has 7 heteroatoms. The van der Waals surface area contributed by atoms with E-state index in [9.17, 15) is 17.4 Å². The Bertz CT molecular complexity index is 331. The Morgan fingerprint density at radius 3 is 2.54 bits per heavy atom. The van der Waals surface area contributed by atoms with Crippen molar-refractivity contribution in [2.45, 2.75) is 11.7 Å². The predicted molar refractivity (Wildman–Crippen MR) is 47.7 cm³/mol. The van der Waals surface area contributed by atoms with Crippen LogP contribution in [0.25, 0.3) is 0 Å². The van der Waals surface area contributed by atoms with E-state index in [1.165, 1.54) is 0 Å². The summed E-state index contributed by atoms with van der Waals surface area (Å²) in [7, 11) is -4.61. The Hall–Kier alpha value is -0.430. The topological polar surface area (TPSA) is 88.5 Å². The largest absolute Gasteiger partial charge is 0.481 e. The van der Waals surface area contributed by atoms with Crippen LogP contribution in [-0.4, -0.2) is 46.2 Å². The molecule has 1 aliphatic rings. The van der Waals surface area contributed by atoms with E-state index in [4.69, 9.17) is 5.11 Å². The lowest BCUT2D eigenvalue weighted by atomic mass is 10.4. The third kappa shape index (κ3) is 3.07. The highest BCUT2D eigenvalue weighted by Gasteiger charge is 2.32. The molecule has 5 nitrogen and oxygen atoms in total. The SMILES string of the molecule is O=C(O)CS(=O)C1CCS(=O)(=O)C1. The molecule has 1 fully saturated rings. The van der Waals surface area contributed by atoms with Gasteiger partial charge in [0.15, 0.2) is 9.84 Å². The molecule has 0 aromatic heterocycles. The summed E-state index contributed by atoms with van der Waals surface area (Å²) in [6.07, 6.45) is 0.322. The second-order valence-electron chi connectivity index (χ2n) is 2.94. The molecule has 1 aliphatic heterocycles.